The molecule has 9 heteroatoms. The zero-order valence-electron chi connectivity index (χ0n) is 30.0. The molecule has 2 fully saturated rings. The lowest BCUT2D eigenvalue weighted by molar-refractivity contribution is -0.142. The van der Waals surface area contributed by atoms with E-state index >= 15 is 0 Å². The highest BCUT2D eigenvalue weighted by Crippen LogP contribution is 2.27. The van der Waals surface area contributed by atoms with Crippen molar-refractivity contribution >= 4 is 23.6 Å². The summed E-state index contributed by atoms with van der Waals surface area (Å²) in [6.07, 6.45) is 6.11. The summed E-state index contributed by atoms with van der Waals surface area (Å²) in [5.41, 5.74) is 1.02. The molecule has 0 spiro atoms. The van der Waals surface area contributed by atoms with Crippen LogP contribution in [0, 0.1) is 11.3 Å². The van der Waals surface area contributed by atoms with Crippen molar-refractivity contribution in [2.75, 3.05) is 27.2 Å². The van der Waals surface area contributed by atoms with Crippen LogP contribution < -0.4 is 5.32 Å². The first-order valence-electron chi connectivity index (χ1n) is 17.2. The van der Waals surface area contributed by atoms with E-state index in [1.54, 1.807) is 35.7 Å². The standard InChI is InChI=1S/C37H59N5O4/c1-25(2)31(40(10)36(46)32(37(6,7)8)38-33(43)29-19-14-15-21-41(29)26(3)4)23-27(5)34(44)42-22-16-20-30(42)35(45)39(9)24-28-17-12-11-13-18-28/h11-13,17-18,23,25-26,29-32H,14-16,19-22,24H2,1-10H3,(H,38,43)/b27-23+. The topological polar surface area (TPSA) is 93.3 Å². The van der Waals surface area contributed by atoms with Gasteiger partial charge in [-0.15, -0.1) is 0 Å². The molecule has 0 saturated carbocycles. The maximum atomic E-state index is 14.2. The maximum Gasteiger partial charge on any atom is 0.249 e. The van der Waals surface area contributed by atoms with Gasteiger partial charge in [0.25, 0.3) is 0 Å². The van der Waals surface area contributed by atoms with Crippen LogP contribution in [-0.2, 0) is 25.7 Å². The number of piperidine rings is 1. The van der Waals surface area contributed by atoms with Crippen molar-refractivity contribution in [3.8, 4) is 0 Å². The fraction of sp³-hybridized carbons (Fsp3) is 0.676. The average Bonchev–Trinajstić information content (AvgIpc) is 3.50. The minimum Gasteiger partial charge on any atom is -0.342 e. The fourth-order valence-electron chi connectivity index (χ4n) is 6.85. The van der Waals surface area contributed by atoms with Gasteiger partial charge in [0, 0.05) is 38.8 Å². The smallest absolute Gasteiger partial charge is 0.249 e. The van der Waals surface area contributed by atoms with Gasteiger partial charge in [0.1, 0.15) is 12.1 Å². The third-order valence-electron chi connectivity index (χ3n) is 9.58. The number of nitrogens with one attached hydrogen (secondary N) is 1. The van der Waals surface area contributed by atoms with Crippen molar-refractivity contribution in [3.63, 3.8) is 0 Å². The quantitative estimate of drug-likeness (QED) is 0.350. The molecular formula is C37H59N5O4. The zero-order valence-corrected chi connectivity index (χ0v) is 30.0. The van der Waals surface area contributed by atoms with E-state index in [9.17, 15) is 19.2 Å². The molecule has 1 aromatic rings. The number of carbonyl (C=O) groups excluding carboxylic acids is 4. The van der Waals surface area contributed by atoms with Gasteiger partial charge in [-0.25, -0.2) is 0 Å². The van der Waals surface area contributed by atoms with E-state index in [4.69, 9.17) is 0 Å². The normalized spacial score (nSPS) is 20.9. The number of hydrogen-bond donors (Lipinski definition) is 1. The molecule has 4 amide bonds. The van der Waals surface area contributed by atoms with Crippen molar-refractivity contribution in [2.45, 2.75) is 124 Å². The summed E-state index contributed by atoms with van der Waals surface area (Å²) in [5.74, 6) is -0.509. The number of benzene rings is 1. The minimum atomic E-state index is -0.729. The van der Waals surface area contributed by atoms with E-state index in [-0.39, 0.29) is 47.7 Å². The molecule has 0 radical (unpaired) electrons. The second-order valence-corrected chi connectivity index (χ2v) is 15.0. The molecule has 0 aliphatic carbocycles. The van der Waals surface area contributed by atoms with Gasteiger partial charge < -0.3 is 20.0 Å². The van der Waals surface area contributed by atoms with Crippen molar-refractivity contribution in [2.24, 2.45) is 11.3 Å². The number of likely N-dealkylation sites (tertiary alicyclic amines) is 2. The van der Waals surface area contributed by atoms with Gasteiger partial charge in [-0.2, -0.15) is 0 Å². The number of rotatable bonds is 11. The summed E-state index contributed by atoms with van der Waals surface area (Å²) >= 11 is 0. The Balaban J connectivity index is 1.77. The fourth-order valence-corrected chi connectivity index (χ4v) is 6.85. The van der Waals surface area contributed by atoms with E-state index in [2.05, 4.69) is 24.1 Å². The summed E-state index contributed by atoms with van der Waals surface area (Å²) in [6.45, 7) is 17.8. The van der Waals surface area contributed by atoms with Crippen molar-refractivity contribution in [3.05, 3.63) is 47.5 Å². The first-order valence-corrected chi connectivity index (χ1v) is 17.2. The van der Waals surface area contributed by atoms with Crippen molar-refractivity contribution in [1.29, 1.82) is 0 Å². The van der Waals surface area contributed by atoms with E-state index in [1.807, 2.05) is 71.0 Å². The Bertz CT molecular complexity index is 1240. The average molecular weight is 638 g/mol. The van der Waals surface area contributed by atoms with Crippen LogP contribution in [0.15, 0.2) is 42.0 Å². The Hall–Kier alpha value is -3.20. The lowest BCUT2D eigenvalue weighted by atomic mass is 9.84. The van der Waals surface area contributed by atoms with Gasteiger partial charge in [-0.3, -0.25) is 24.1 Å². The molecule has 9 nitrogen and oxygen atoms in total. The predicted octanol–water partition coefficient (Wildman–Crippen LogP) is 4.86. The number of amides is 4. The van der Waals surface area contributed by atoms with Crippen molar-refractivity contribution < 1.29 is 19.2 Å². The van der Waals surface area contributed by atoms with Crippen LogP contribution in [0.4, 0.5) is 0 Å². The highest BCUT2D eigenvalue weighted by atomic mass is 16.2. The second-order valence-electron chi connectivity index (χ2n) is 15.0. The molecule has 46 heavy (non-hydrogen) atoms. The molecule has 2 aliphatic heterocycles. The molecule has 4 atom stereocenters. The van der Waals surface area contributed by atoms with Crippen LogP contribution in [0.1, 0.15) is 93.1 Å². The number of carbonyl (C=O) groups is 4. The van der Waals surface area contributed by atoms with Crippen LogP contribution in [-0.4, -0.2) is 101 Å². The van der Waals surface area contributed by atoms with E-state index < -0.39 is 17.5 Å². The Morgan fingerprint density at radius 2 is 1.57 bits per heavy atom. The molecule has 0 bridgehead atoms. The van der Waals surface area contributed by atoms with Gasteiger partial charge in [-0.05, 0) is 69.9 Å². The van der Waals surface area contributed by atoms with Crippen LogP contribution in [0.3, 0.4) is 0 Å². The van der Waals surface area contributed by atoms with Crippen molar-refractivity contribution in [1.82, 2.24) is 24.9 Å². The van der Waals surface area contributed by atoms with Crippen LogP contribution >= 0.6 is 0 Å². The lowest BCUT2D eigenvalue weighted by Gasteiger charge is -2.41. The SMILES string of the molecule is C/C(=C\C(C(C)C)N(C)C(=O)C(NC(=O)C1CCCCN1C(C)C)C(C)(C)C)C(=O)N1CCCC1C(=O)N(C)Cc1ccccc1. The van der Waals surface area contributed by atoms with Gasteiger partial charge in [0.15, 0.2) is 0 Å². The summed E-state index contributed by atoms with van der Waals surface area (Å²) in [5, 5.41) is 3.14. The number of nitrogens with zero attached hydrogens (tertiary/aromatic N) is 4. The predicted molar refractivity (Wildman–Crippen MR) is 184 cm³/mol. The molecule has 2 aliphatic rings. The molecule has 2 saturated heterocycles. The first-order chi connectivity index (χ1) is 21.5. The molecule has 2 heterocycles. The zero-order chi connectivity index (χ0) is 34.3. The minimum absolute atomic E-state index is 0.0100. The molecule has 1 N–H and O–H groups in total. The monoisotopic (exact) mass is 637 g/mol. The highest BCUT2D eigenvalue weighted by molar-refractivity contribution is 5.97. The third kappa shape index (κ3) is 9.20. The third-order valence-corrected chi connectivity index (χ3v) is 9.58. The molecule has 1 aromatic carbocycles. The number of likely N-dealkylation sites (N-methyl/N-ethyl adjacent to an activating group) is 2. The Morgan fingerprint density at radius 3 is 2.15 bits per heavy atom. The van der Waals surface area contributed by atoms with Gasteiger partial charge >= 0.3 is 0 Å². The molecular weight excluding hydrogens is 578 g/mol. The largest absolute Gasteiger partial charge is 0.342 e. The summed E-state index contributed by atoms with van der Waals surface area (Å²) in [7, 11) is 3.54. The summed E-state index contributed by atoms with van der Waals surface area (Å²) in [6, 6.07) is 8.22. The molecule has 4 unspecified atom stereocenters. The second kappa shape index (κ2) is 16.1. The van der Waals surface area contributed by atoms with E-state index in [0.717, 1.165) is 37.8 Å². The lowest BCUT2D eigenvalue weighted by Crippen LogP contribution is -2.60. The molecule has 3 rings (SSSR count). The van der Waals surface area contributed by atoms with Gasteiger partial charge in [-0.1, -0.05) is 77.4 Å². The van der Waals surface area contributed by atoms with E-state index in [1.165, 1.54) is 0 Å². The van der Waals surface area contributed by atoms with Crippen LogP contribution in [0.25, 0.3) is 0 Å². The van der Waals surface area contributed by atoms with E-state index in [0.29, 0.717) is 25.1 Å². The Kier molecular flexibility index (Phi) is 13.0. The highest BCUT2D eigenvalue weighted by Gasteiger charge is 2.40. The van der Waals surface area contributed by atoms with Gasteiger partial charge in [0.2, 0.25) is 23.6 Å². The van der Waals surface area contributed by atoms with Crippen LogP contribution in [0.5, 0.6) is 0 Å². The number of hydrogen-bond acceptors (Lipinski definition) is 5. The molecule has 0 aromatic heterocycles. The molecule has 256 valence electrons. The summed E-state index contributed by atoms with van der Waals surface area (Å²) < 4.78 is 0. The summed E-state index contributed by atoms with van der Waals surface area (Å²) in [4.78, 5) is 62.4. The maximum absolute atomic E-state index is 14.2. The Labute approximate surface area is 277 Å². The Morgan fingerprint density at radius 1 is 0.935 bits per heavy atom. The van der Waals surface area contributed by atoms with Gasteiger partial charge in [0.05, 0.1) is 12.1 Å². The van der Waals surface area contributed by atoms with Crippen LogP contribution in [0.2, 0.25) is 0 Å². The first kappa shape index (κ1) is 37.3.